The highest BCUT2D eigenvalue weighted by atomic mass is 79.9. The molecule has 0 aromatic carbocycles. The fourth-order valence-electron chi connectivity index (χ4n) is 1.39. The molecule has 2 aromatic rings. The molecule has 2 aromatic heterocycles. The molecule has 0 bridgehead atoms. The molecule has 0 radical (unpaired) electrons. The molecule has 0 saturated heterocycles. The van der Waals surface area contributed by atoms with Crippen molar-refractivity contribution in [3.05, 3.63) is 22.8 Å². The van der Waals surface area contributed by atoms with Crippen LogP contribution in [-0.4, -0.2) is 21.1 Å². The topological polar surface area (TPSA) is 42.2 Å². The summed E-state index contributed by atoms with van der Waals surface area (Å²) in [4.78, 5) is 4.44. The average Bonchev–Trinajstić information content (AvgIpc) is 2.71. The molecule has 0 aliphatic carbocycles. The Labute approximate surface area is 110 Å². The van der Waals surface area contributed by atoms with Gasteiger partial charge in [-0.05, 0) is 39.9 Å². The lowest BCUT2D eigenvalue weighted by Gasteiger charge is -2.22. The lowest BCUT2D eigenvalue weighted by molar-refractivity contribution is 0.376. The third kappa shape index (κ3) is 2.77. The van der Waals surface area contributed by atoms with Crippen LogP contribution in [0.4, 0.5) is 5.95 Å². The van der Waals surface area contributed by atoms with Crippen LogP contribution in [0.3, 0.4) is 0 Å². The number of rotatable bonds is 4. The highest BCUT2D eigenvalue weighted by Crippen LogP contribution is 2.21. The van der Waals surface area contributed by atoms with Gasteiger partial charge in [0.05, 0.1) is 4.47 Å². The first kappa shape index (κ1) is 12.4. The number of hydrogen-bond donors (Lipinski definition) is 1. The van der Waals surface area contributed by atoms with Gasteiger partial charge in [0.15, 0.2) is 5.65 Å². The number of aromatic nitrogens is 3. The third-order valence-electron chi connectivity index (χ3n) is 3.00. The third-order valence-corrected chi connectivity index (χ3v) is 3.62. The van der Waals surface area contributed by atoms with Crippen LogP contribution in [0.1, 0.15) is 27.2 Å². The van der Waals surface area contributed by atoms with Crippen molar-refractivity contribution in [1.82, 2.24) is 14.6 Å². The monoisotopic (exact) mass is 296 g/mol. The van der Waals surface area contributed by atoms with Crippen LogP contribution in [0, 0.1) is 5.41 Å². The van der Waals surface area contributed by atoms with E-state index < -0.39 is 0 Å². The van der Waals surface area contributed by atoms with Crippen molar-refractivity contribution in [1.29, 1.82) is 0 Å². The summed E-state index contributed by atoms with van der Waals surface area (Å²) in [7, 11) is 0. The molecule has 2 rings (SSSR count). The minimum Gasteiger partial charge on any atom is -0.352 e. The van der Waals surface area contributed by atoms with Crippen LogP contribution in [-0.2, 0) is 0 Å². The van der Waals surface area contributed by atoms with Gasteiger partial charge in [-0.2, -0.15) is 4.98 Å². The molecule has 0 atom stereocenters. The van der Waals surface area contributed by atoms with Crippen LogP contribution in [0.5, 0.6) is 0 Å². The summed E-state index contributed by atoms with van der Waals surface area (Å²) in [5.41, 5.74) is 1.10. The largest absolute Gasteiger partial charge is 0.352 e. The minimum atomic E-state index is 0.259. The van der Waals surface area contributed by atoms with Gasteiger partial charge < -0.3 is 5.32 Å². The number of halogens is 1. The Morgan fingerprint density at radius 2 is 2.24 bits per heavy atom. The Morgan fingerprint density at radius 1 is 1.47 bits per heavy atom. The Kier molecular flexibility index (Phi) is 3.38. The fraction of sp³-hybridized carbons (Fsp3) is 0.500. The quantitative estimate of drug-likeness (QED) is 0.941. The zero-order valence-corrected chi connectivity index (χ0v) is 12.0. The second kappa shape index (κ2) is 4.64. The number of pyridine rings is 1. The Bertz CT molecular complexity index is 518. The summed E-state index contributed by atoms with van der Waals surface area (Å²) in [6.07, 6.45) is 3.01. The van der Waals surface area contributed by atoms with Gasteiger partial charge in [0, 0.05) is 12.7 Å². The summed E-state index contributed by atoms with van der Waals surface area (Å²) in [5, 5.41) is 7.66. The molecular weight excluding hydrogens is 280 g/mol. The lowest BCUT2D eigenvalue weighted by atomic mass is 9.90. The van der Waals surface area contributed by atoms with E-state index in [-0.39, 0.29) is 5.41 Å². The molecule has 4 nitrogen and oxygen atoms in total. The zero-order chi connectivity index (χ0) is 12.5. The second-order valence-corrected chi connectivity index (χ2v) is 5.79. The van der Waals surface area contributed by atoms with Crippen LogP contribution >= 0.6 is 15.9 Å². The van der Waals surface area contributed by atoms with E-state index in [1.807, 2.05) is 18.3 Å². The lowest BCUT2D eigenvalue weighted by Crippen LogP contribution is -2.22. The van der Waals surface area contributed by atoms with Crippen LogP contribution in [0.15, 0.2) is 22.8 Å². The fourth-order valence-corrected chi connectivity index (χ4v) is 1.81. The van der Waals surface area contributed by atoms with Crippen molar-refractivity contribution < 1.29 is 0 Å². The van der Waals surface area contributed by atoms with Gasteiger partial charge >= 0.3 is 0 Å². The van der Waals surface area contributed by atoms with Gasteiger partial charge in [0.1, 0.15) is 0 Å². The Hall–Kier alpha value is -1.10. The van der Waals surface area contributed by atoms with Crippen LogP contribution < -0.4 is 5.32 Å². The number of hydrogen-bond acceptors (Lipinski definition) is 3. The summed E-state index contributed by atoms with van der Waals surface area (Å²) in [6.45, 7) is 7.52. The maximum Gasteiger partial charge on any atom is 0.243 e. The van der Waals surface area contributed by atoms with Crippen molar-refractivity contribution in [3.63, 3.8) is 0 Å². The van der Waals surface area contributed by atoms with E-state index in [0.29, 0.717) is 5.95 Å². The molecule has 92 valence electrons. The number of nitrogens with zero attached hydrogens (tertiary/aromatic N) is 3. The summed E-state index contributed by atoms with van der Waals surface area (Å²) in [6, 6.07) is 3.90. The predicted octanol–water partition coefficient (Wildman–Crippen LogP) is 3.34. The molecular formula is C12H17BrN4. The number of nitrogens with one attached hydrogen (secondary N) is 1. The Balaban J connectivity index is 2.18. The van der Waals surface area contributed by atoms with Crippen molar-refractivity contribution in [2.24, 2.45) is 5.41 Å². The smallest absolute Gasteiger partial charge is 0.243 e. The molecule has 5 heteroatoms. The highest BCUT2D eigenvalue weighted by molar-refractivity contribution is 9.10. The predicted molar refractivity (Wildman–Crippen MR) is 73.2 cm³/mol. The standard InChI is InChI=1S/C12H17BrN4/c1-4-12(2,3)8-14-11-15-10-9(13)6-5-7-17(10)16-11/h5-7H,4,8H2,1-3H3,(H,14,16). The van der Waals surface area contributed by atoms with Crippen LogP contribution in [0.25, 0.3) is 5.65 Å². The molecule has 0 saturated carbocycles. The molecule has 1 N–H and O–H groups in total. The first-order chi connectivity index (χ1) is 8.02. The molecule has 2 heterocycles. The van der Waals surface area contributed by atoms with E-state index in [9.17, 15) is 0 Å². The van der Waals surface area contributed by atoms with E-state index in [4.69, 9.17) is 0 Å². The Morgan fingerprint density at radius 3 is 2.88 bits per heavy atom. The number of fused-ring (bicyclic) bond motifs is 1. The van der Waals surface area contributed by atoms with Gasteiger partial charge in [0.25, 0.3) is 0 Å². The summed E-state index contributed by atoms with van der Waals surface area (Å²) < 4.78 is 2.72. The molecule has 0 amide bonds. The summed E-state index contributed by atoms with van der Waals surface area (Å²) in [5.74, 6) is 0.679. The first-order valence-corrected chi connectivity index (χ1v) is 6.56. The second-order valence-electron chi connectivity index (χ2n) is 4.93. The molecule has 0 spiro atoms. The van der Waals surface area contributed by atoms with Crippen molar-refractivity contribution in [2.75, 3.05) is 11.9 Å². The zero-order valence-electron chi connectivity index (χ0n) is 10.4. The van der Waals surface area contributed by atoms with E-state index >= 15 is 0 Å². The minimum absolute atomic E-state index is 0.259. The van der Waals surface area contributed by atoms with Gasteiger partial charge in [-0.15, -0.1) is 5.10 Å². The molecule has 0 fully saturated rings. The SMILES string of the molecule is CCC(C)(C)CNc1nc2c(Br)cccn2n1. The first-order valence-electron chi connectivity index (χ1n) is 5.76. The molecule has 0 aliphatic heterocycles. The van der Waals surface area contributed by atoms with E-state index in [0.717, 1.165) is 23.1 Å². The molecule has 0 aliphatic rings. The van der Waals surface area contributed by atoms with E-state index in [1.54, 1.807) is 4.52 Å². The highest BCUT2D eigenvalue weighted by Gasteiger charge is 2.15. The maximum atomic E-state index is 4.44. The van der Waals surface area contributed by atoms with Gasteiger partial charge in [-0.3, -0.25) is 0 Å². The number of anilines is 1. The molecule has 0 unspecified atom stereocenters. The van der Waals surface area contributed by atoms with Crippen LogP contribution in [0.2, 0.25) is 0 Å². The maximum absolute atomic E-state index is 4.44. The van der Waals surface area contributed by atoms with E-state index in [2.05, 4.69) is 52.1 Å². The van der Waals surface area contributed by atoms with Crippen molar-refractivity contribution >= 4 is 27.5 Å². The van der Waals surface area contributed by atoms with Gasteiger partial charge in [0.2, 0.25) is 5.95 Å². The average molecular weight is 297 g/mol. The van der Waals surface area contributed by atoms with Gasteiger partial charge in [-0.1, -0.05) is 20.8 Å². The van der Waals surface area contributed by atoms with Crippen molar-refractivity contribution in [2.45, 2.75) is 27.2 Å². The van der Waals surface area contributed by atoms with Gasteiger partial charge in [-0.25, -0.2) is 4.52 Å². The van der Waals surface area contributed by atoms with E-state index in [1.165, 1.54) is 0 Å². The normalized spacial score (nSPS) is 12.0. The van der Waals surface area contributed by atoms with Crippen molar-refractivity contribution in [3.8, 4) is 0 Å². The molecule has 17 heavy (non-hydrogen) atoms. The summed E-state index contributed by atoms with van der Waals surface area (Å²) >= 11 is 3.46.